The summed E-state index contributed by atoms with van der Waals surface area (Å²) in [5.74, 6) is -0.968. The first-order valence-electron chi connectivity index (χ1n) is 4.71. The van der Waals surface area contributed by atoms with Gasteiger partial charge in [-0.05, 0) is 11.6 Å². The zero-order chi connectivity index (χ0) is 14.8. The summed E-state index contributed by atoms with van der Waals surface area (Å²) in [5.41, 5.74) is 5.33. The molecule has 0 aliphatic carbocycles. The number of rotatable bonds is 3. The maximum Gasteiger partial charge on any atom is 0.434 e. The molecule has 3 nitrogen and oxygen atoms in total. The van der Waals surface area contributed by atoms with Gasteiger partial charge in [0, 0.05) is 12.7 Å². The van der Waals surface area contributed by atoms with E-state index in [4.69, 9.17) is 17.3 Å². The van der Waals surface area contributed by atoms with Gasteiger partial charge in [0.05, 0.1) is 0 Å². The van der Waals surface area contributed by atoms with Crippen molar-refractivity contribution in [3.05, 3.63) is 22.8 Å². The van der Waals surface area contributed by atoms with E-state index in [1.807, 2.05) is 0 Å². The van der Waals surface area contributed by atoms with Crippen molar-refractivity contribution in [1.82, 2.24) is 4.98 Å². The number of hydrogen-bond acceptors (Lipinski definition) is 3. The minimum atomic E-state index is -5.64. The van der Waals surface area contributed by atoms with Crippen LogP contribution >= 0.6 is 11.6 Å². The second-order valence-electron chi connectivity index (χ2n) is 3.37. The van der Waals surface area contributed by atoms with Crippen LogP contribution in [0.25, 0.3) is 0 Å². The van der Waals surface area contributed by atoms with Crippen LogP contribution in [0, 0.1) is 0 Å². The maximum atomic E-state index is 12.3. The molecule has 0 saturated heterocycles. The summed E-state index contributed by atoms with van der Waals surface area (Å²) in [6, 6.07) is 1.26. The lowest BCUT2D eigenvalue weighted by Gasteiger charge is -2.23. The van der Waals surface area contributed by atoms with Gasteiger partial charge < -0.3 is 10.5 Å². The van der Waals surface area contributed by atoms with Crippen LogP contribution in [0.15, 0.2) is 12.3 Å². The number of nitrogens with two attached hydrogens (primary N) is 1. The molecule has 0 amide bonds. The van der Waals surface area contributed by atoms with Crippen LogP contribution in [0.5, 0.6) is 5.88 Å². The highest BCUT2D eigenvalue weighted by Gasteiger charge is 2.59. The van der Waals surface area contributed by atoms with E-state index in [9.17, 15) is 26.3 Å². The van der Waals surface area contributed by atoms with Gasteiger partial charge in [0.15, 0.2) is 0 Å². The lowest BCUT2D eigenvalue weighted by molar-refractivity contribution is -0.300. The molecule has 2 N–H and O–H groups in total. The standard InChI is InChI=1S/C9H7ClF6N2O/c10-5-4(3-17)1-2-18-6(5)19-7(8(11,12)13)9(14,15)16/h1-2,7H,3,17H2. The van der Waals surface area contributed by atoms with Gasteiger partial charge in [0.1, 0.15) is 5.02 Å². The summed E-state index contributed by atoms with van der Waals surface area (Å²) in [5, 5.41) is -0.483. The van der Waals surface area contributed by atoms with Crippen LogP contribution in [0.4, 0.5) is 26.3 Å². The van der Waals surface area contributed by atoms with E-state index in [1.54, 1.807) is 0 Å². The molecule has 0 fully saturated rings. The molecule has 1 aromatic rings. The lowest BCUT2D eigenvalue weighted by Crippen LogP contribution is -2.46. The molecule has 0 bridgehead atoms. The Morgan fingerprint density at radius 2 is 1.74 bits per heavy atom. The third-order valence-electron chi connectivity index (χ3n) is 1.98. The monoisotopic (exact) mass is 308 g/mol. The van der Waals surface area contributed by atoms with Crippen molar-refractivity contribution in [3.63, 3.8) is 0 Å². The molecule has 10 heteroatoms. The van der Waals surface area contributed by atoms with E-state index in [0.717, 1.165) is 6.20 Å². The number of alkyl halides is 6. The average Bonchev–Trinajstić information content (AvgIpc) is 2.24. The fourth-order valence-corrected chi connectivity index (χ4v) is 1.37. The Morgan fingerprint density at radius 3 is 2.16 bits per heavy atom. The van der Waals surface area contributed by atoms with Gasteiger partial charge in [-0.1, -0.05) is 11.6 Å². The number of ether oxygens (including phenoxy) is 1. The van der Waals surface area contributed by atoms with Crippen molar-refractivity contribution in [2.45, 2.75) is 25.0 Å². The van der Waals surface area contributed by atoms with Crippen molar-refractivity contribution < 1.29 is 31.1 Å². The maximum absolute atomic E-state index is 12.3. The van der Waals surface area contributed by atoms with Gasteiger partial charge in [0.25, 0.3) is 6.10 Å². The van der Waals surface area contributed by atoms with E-state index in [1.165, 1.54) is 6.07 Å². The first-order valence-corrected chi connectivity index (χ1v) is 5.08. The third-order valence-corrected chi connectivity index (χ3v) is 2.39. The number of aromatic nitrogens is 1. The zero-order valence-corrected chi connectivity index (χ0v) is 9.77. The number of nitrogens with zero attached hydrogens (tertiary/aromatic N) is 1. The molecule has 108 valence electrons. The van der Waals surface area contributed by atoms with Crippen LogP contribution < -0.4 is 10.5 Å². The van der Waals surface area contributed by atoms with Crippen LogP contribution in [-0.4, -0.2) is 23.4 Å². The average molecular weight is 309 g/mol. The summed E-state index contributed by atoms with van der Waals surface area (Å²) in [7, 11) is 0. The highest BCUT2D eigenvalue weighted by atomic mass is 35.5. The van der Waals surface area contributed by atoms with Crippen LogP contribution in [0.2, 0.25) is 5.02 Å². The van der Waals surface area contributed by atoms with Gasteiger partial charge in [-0.25, -0.2) is 4.98 Å². The summed E-state index contributed by atoms with van der Waals surface area (Å²) in [6.07, 6.45) is -14.3. The topological polar surface area (TPSA) is 48.1 Å². The fourth-order valence-electron chi connectivity index (χ4n) is 1.13. The predicted octanol–water partition coefficient (Wildman–Crippen LogP) is 3.07. The number of halogens is 7. The Labute approximate surface area is 108 Å². The van der Waals surface area contributed by atoms with E-state index in [0.29, 0.717) is 0 Å². The van der Waals surface area contributed by atoms with Crippen LogP contribution in [0.3, 0.4) is 0 Å². The SMILES string of the molecule is NCc1ccnc(OC(C(F)(F)F)C(F)(F)F)c1Cl. The molecule has 0 unspecified atom stereocenters. The Kier molecular flexibility index (Phi) is 4.51. The Bertz CT molecular complexity index is 433. The van der Waals surface area contributed by atoms with Gasteiger partial charge in [0.2, 0.25) is 5.88 Å². The minimum Gasteiger partial charge on any atom is -0.454 e. The molecule has 0 aromatic carbocycles. The second-order valence-corrected chi connectivity index (χ2v) is 3.75. The van der Waals surface area contributed by atoms with E-state index in [2.05, 4.69) is 9.72 Å². The van der Waals surface area contributed by atoms with E-state index in [-0.39, 0.29) is 12.1 Å². The molecule has 0 atom stereocenters. The van der Waals surface area contributed by atoms with Crippen molar-refractivity contribution >= 4 is 11.6 Å². The quantitative estimate of drug-likeness (QED) is 0.873. The Hall–Kier alpha value is -1.22. The lowest BCUT2D eigenvalue weighted by atomic mass is 10.2. The van der Waals surface area contributed by atoms with Crippen molar-refractivity contribution in [1.29, 1.82) is 0 Å². The smallest absolute Gasteiger partial charge is 0.434 e. The molecular formula is C9H7ClF6N2O. The minimum absolute atomic E-state index is 0.120. The highest BCUT2D eigenvalue weighted by Crippen LogP contribution is 2.38. The molecule has 19 heavy (non-hydrogen) atoms. The van der Waals surface area contributed by atoms with E-state index >= 15 is 0 Å². The first kappa shape index (κ1) is 15.8. The molecular weight excluding hydrogens is 302 g/mol. The summed E-state index contributed by atoms with van der Waals surface area (Å²) in [4.78, 5) is 3.24. The molecule has 0 saturated carbocycles. The largest absolute Gasteiger partial charge is 0.454 e. The zero-order valence-electron chi connectivity index (χ0n) is 9.02. The molecule has 1 rings (SSSR count). The van der Waals surface area contributed by atoms with Gasteiger partial charge >= 0.3 is 12.4 Å². The van der Waals surface area contributed by atoms with E-state index < -0.39 is 29.4 Å². The second kappa shape index (κ2) is 5.41. The summed E-state index contributed by atoms with van der Waals surface area (Å²) in [6.45, 7) is -0.180. The molecule has 1 heterocycles. The number of pyridine rings is 1. The highest BCUT2D eigenvalue weighted by molar-refractivity contribution is 6.32. The van der Waals surface area contributed by atoms with Gasteiger partial charge in [-0.2, -0.15) is 26.3 Å². The molecule has 0 aliphatic rings. The van der Waals surface area contributed by atoms with Gasteiger partial charge in [-0.15, -0.1) is 0 Å². The molecule has 0 spiro atoms. The summed E-state index contributed by atoms with van der Waals surface area (Å²) < 4.78 is 77.5. The van der Waals surface area contributed by atoms with Gasteiger partial charge in [-0.3, -0.25) is 0 Å². The molecule has 0 aliphatic heterocycles. The Morgan fingerprint density at radius 1 is 1.21 bits per heavy atom. The summed E-state index contributed by atoms with van der Waals surface area (Å²) >= 11 is 5.55. The molecule has 0 radical (unpaired) electrons. The third kappa shape index (κ3) is 3.87. The van der Waals surface area contributed by atoms with Crippen LogP contribution in [-0.2, 0) is 6.54 Å². The normalized spacial score (nSPS) is 12.9. The Balaban J connectivity index is 3.11. The van der Waals surface area contributed by atoms with Crippen LogP contribution in [0.1, 0.15) is 5.56 Å². The van der Waals surface area contributed by atoms with Crippen molar-refractivity contribution in [3.8, 4) is 5.88 Å². The number of hydrogen-bond donors (Lipinski definition) is 1. The molecule has 1 aromatic heterocycles. The fraction of sp³-hybridized carbons (Fsp3) is 0.444. The van der Waals surface area contributed by atoms with Crippen molar-refractivity contribution in [2.24, 2.45) is 5.73 Å². The first-order chi connectivity index (χ1) is 8.57. The predicted molar refractivity (Wildman–Crippen MR) is 53.7 cm³/mol. The van der Waals surface area contributed by atoms with Crippen molar-refractivity contribution in [2.75, 3.05) is 0 Å².